The standard InChI is InChI=1S/C21H23N5O/c1-17-7-5-6-10-19(17)24-21(23-16-22)26-13-11-25(12-14-26)20(27)15-18-8-3-2-4-9-18/h2-10H,11-15H2,1H3,(H,23,24). The zero-order valence-corrected chi connectivity index (χ0v) is 15.4. The molecule has 1 N–H and O–H groups in total. The highest BCUT2D eigenvalue weighted by molar-refractivity contribution is 5.85. The molecule has 0 bridgehead atoms. The maximum Gasteiger partial charge on any atom is 0.227 e. The van der Waals surface area contributed by atoms with Crippen molar-refractivity contribution in [2.45, 2.75) is 13.3 Å². The van der Waals surface area contributed by atoms with Crippen LogP contribution in [0.5, 0.6) is 0 Å². The molecule has 0 spiro atoms. The molecule has 1 saturated heterocycles. The number of hydrogen-bond donors (Lipinski definition) is 1. The maximum atomic E-state index is 12.5. The highest BCUT2D eigenvalue weighted by atomic mass is 16.2. The summed E-state index contributed by atoms with van der Waals surface area (Å²) in [6.07, 6.45) is 2.39. The van der Waals surface area contributed by atoms with E-state index in [2.05, 4.69) is 10.3 Å². The normalized spacial score (nSPS) is 14.6. The third-order valence-electron chi connectivity index (χ3n) is 4.64. The number of nitrogens with one attached hydrogen (secondary N) is 1. The van der Waals surface area contributed by atoms with Gasteiger partial charge in [0.15, 0.2) is 6.19 Å². The molecule has 0 atom stereocenters. The van der Waals surface area contributed by atoms with Crippen molar-refractivity contribution in [3.63, 3.8) is 0 Å². The van der Waals surface area contributed by atoms with Gasteiger partial charge in [0.2, 0.25) is 11.9 Å². The molecule has 3 rings (SSSR count). The van der Waals surface area contributed by atoms with Crippen LogP contribution in [0.4, 0.5) is 5.69 Å². The van der Waals surface area contributed by atoms with Crippen molar-refractivity contribution >= 4 is 17.6 Å². The van der Waals surface area contributed by atoms with Crippen molar-refractivity contribution < 1.29 is 4.79 Å². The summed E-state index contributed by atoms with van der Waals surface area (Å²) in [4.78, 5) is 21.0. The summed E-state index contributed by atoms with van der Waals surface area (Å²) in [7, 11) is 0. The van der Waals surface area contributed by atoms with Gasteiger partial charge in [-0.3, -0.25) is 10.1 Å². The summed E-state index contributed by atoms with van der Waals surface area (Å²) in [5, 5.41) is 11.8. The Labute approximate surface area is 159 Å². The Balaban J connectivity index is 1.63. The molecule has 0 unspecified atom stereocenters. The Bertz CT molecular complexity index is 848. The molecule has 1 amide bonds. The number of benzene rings is 2. The van der Waals surface area contributed by atoms with Crippen molar-refractivity contribution in [2.24, 2.45) is 4.99 Å². The Morgan fingerprint density at radius 3 is 2.33 bits per heavy atom. The number of aryl methyl sites for hydroxylation is 1. The first-order valence-electron chi connectivity index (χ1n) is 9.03. The van der Waals surface area contributed by atoms with E-state index in [4.69, 9.17) is 5.26 Å². The molecule has 0 radical (unpaired) electrons. The SMILES string of the molecule is Cc1ccccc1N=C(NC#N)N1CCN(C(=O)Cc2ccccc2)CC1. The molecule has 1 aliphatic rings. The minimum atomic E-state index is 0.131. The molecule has 138 valence electrons. The van der Waals surface area contributed by atoms with Crippen molar-refractivity contribution in [1.82, 2.24) is 15.1 Å². The molecule has 1 fully saturated rings. The molecule has 6 nitrogen and oxygen atoms in total. The van der Waals surface area contributed by atoms with E-state index < -0.39 is 0 Å². The lowest BCUT2D eigenvalue weighted by Crippen LogP contribution is -2.53. The molecule has 27 heavy (non-hydrogen) atoms. The van der Waals surface area contributed by atoms with Gasteiger partial charge in [-0.2, -0.15) is 5.26 Å². The van der Waals surface area contributed by atoms with Crippen molar-refractivity contribution in [1.29, 1.82) is 5.26 Å². The number of carbonyl (C=O) groups excluding carboxylic acids is 1. The number of guanidine groups is 1. The van der Waals surface area contributed by atoms with E-state index in [0.717, 1.165) is 16.8 Å². The van der Waals surface area contributed by atoms with E-state index in [9.17, 15) is 4.79 Å². The molecule has 2 aromatic carbocycles. The van der Waals surface area contributed by atoms with Crippen molar-refractivity contribution in [2.75, 3.05) is 26.2 Å². The first kappa shape index (κ1) is 18.5. The fourth-order valence-corrected chi connectivity index (χ4v) is 3.08. The van der Waals surface area contributed by atoms with Crippen LogP contribution in [0.3, 0.4) is 0 Å². The molecule has 2 aromatic rings. The van der Waals surface area contributed by atoms with Crippen molar-refractivity contribution in [3.05, 3.63) is 65.7 Å². The zero-order valence-electron chi connectivity index (χ0n) is 15.4. The lowest BCUT2D eigenvalue weighted by Gasteiger charge is -2.36. The van der Waals surface area contributed by atoms with Crippen LogP contribution in [-0.4, -0.2) is 47.8 Å². The number of rotatable bonds is 3. The number of piperazine rings is 1. The number of aliphatic imine (C=N–C) groups is 1. The van der Waals surface area contributed by atoms with Gasteiger partial charge in [0.05, 0.1) is 12.1 Å². The fraction of sp³-hybridized carbons (Fsp3) is 0.286. The Morgan fingerprint density at radius 1 is 1.04 bits per heavy atom. The largest absolute Gasteiger partial charge is 0.339 e. The Morgan fingerprint density at radius 2 is 1.67 bits per heavy atom. The third kappa shape index (κ3) is 4.85. The molecular formula is C21H23N5O. The first-order chi connectivity index (χ1) is 13.2. The second-order valence-electron chi connectivity index (χ2n) is 6.49. The van der Waals surface area contributed by atoms with Gasteiger partial charge in [-0.25, -0.2) is 4.99 Å². The van der Waals surface area contributed by atoms with E-state index in [1.165, 1.54) is 0 Å². The van der Waals surface area contributed by atoms with Crippen LogP contribution in [0.2, 0.25) is 0 Å². The lowest BCUT2D eigenvalue weighted by molar-refractivity contribution is -0.131. The predicted molar refractivity (Wildman–Crippen MR) is 105 cm³/mol. The minimum Gasteiger partial charge on any atom is -0.339 e. The average molecular weight is 361 g/mol. The summed E-state index contributed by atoms with van der Waals surface area (Å²) in [6, 6.07) is 17.6. The van der Waals surface area contributed by atoms with E-state index in [1.807, 2.05) is 77.5 Å². The van der Waals surface area contributed by atoms with Gasteiger partial charge in [-0.05, 0) is 24.1 Å². The Kier molecular flexibility index (Phi) is 6.06. The number of hydrogen-bond acceptors (Lipinski definition) is 3. The summed E-state index contributed by atoms with van der Waals surface area (Å²) in [6.45, 7) is 4.50. The van der Waals surface area contributed by atoms with Gasteiger partial charge in [-0.15, -0.1) is 0 Å². The number of nitriles is 1. The smallest absolute Gasteiger partial charge is 0.227 e. The maximum absolute atomic E-state index is 12.5. The summed E-state index contributed by atoms with van der Waals surface area (Å²) in [5.74, 6) is 0.661. The quantitative estimate of drug-likeness (QED) is 0.394. The summed E-state index contributed by atoms with van der Waals surface area (Å²) >= 11 is 0. The van der Waals surface area contributed by atoms with Gasteiger partial charge in [-0.1, -0.05) is 48.5 Å². The number of amides is 1. The first-order valence-corrected chi connectivity index (χ1v) is 9.03. The summed E-state index contributed by atoms with van der Waals surface area (Å²) < 4.78 is 0. The highest BCUT2D eigenvalue weighted by Crippen LogP contribution is 2.18. The second-order valence-corrected chi connectivity index (χ2v) is 6.49. The van der Waals surface area contributed by atoms with E-state index in [0.29, 0.717) is 38.6 Å². The Hall–Kier alpha value is -3.33. The third-order valence-corrected chi connectivity index (χ3v) is 4.64. The number of carbonyl (C=O) groups is 1. The fourth-order valence-electron chi connectivity index (χ4n) is 3.08. The van der Waals surface area contributed by atoms with Crippen LogP contribution in [0.15, 0.2) is 59.6 Å². The van der Waals surface area contributed by atoms with Crippen LogP contribution < -0.4 is 5.32 Å². The lowest BCUT2D eigenvalue weighted by atomic mass is 10.1. The average Bonchev–Trinajstić information content (AvgIpc) is 2.70. The highest BCUT2D eigenvalue weighted by Gasteiger charge is 2.23. The number of nitrogens with zero attached hydrogens (tertiary/aromatic N) is 4. The van der Waals surface area contributed by atoms with Gasteiger partial charge >= 0.3 is 0 Å². The molecule has 0 aromatic heterocycles. The summed E-state index contributed by atoms with van der Waals surface area (Å²) in [5.41, 5.74) is 2.90. The number of para-hydroxylation sites is 1. The van der Waals surface area contributed by atoms with Crippen LogP contribution in [0.1, 0.15) is 11.1 Å². The van der Waals surface area contributed by atoms with Crippen LogP contribution in [-0.2, 0) is 11.2 Å². The van der Waals surface area contributed by atoms with Gasteiger partial charge < -0.3 is 9.80 Å². The van der Waals surface area contributed by atoms with Gasteiger partial charge in [0.25, 0.3) is 0 Å². The molecule has 0 saturated carbocycles. The van der Waals surface area contributed by atoms with E-state index in [1.54, 1.807) is 0 Å². The monoisotopic (exact) mass is 361 g/mol. The minimum absolute atomic E-state index is 0.131. The van der Waals surface area contributed by atoms with Crippen LogP contribution in [0.25, 0.3) is 0 Å². The van der Waals surface area contributed by atoms with E-state index >= 15 is 0 Å². The molecule has 1 aliphatic heterocycles. The zero-order chi connectivity index (χ0) is 19.1. The molecule has 6 heteroatoms. The van der Waals surface area contributed by atoms with Crippen molar-refractivity contribution in [3.8, 4) is 6.19 Å². The predicted octanol–water partition coefficient (Wildman–Crippen LogP) is 2.44. The molecular weight excluding hydrogens is 338 g/mol. The van der Waals surface area contributed by atoms with Gasteiger partial charge in [0, 0.05) is 26.2 Å². The van der Waals surface area contributed by atoms with E-state index in [-0.39, 0.29) is 5.91 Å². The van der Waals surface area contributed by atoms with Crippen LogP contribution >= 0.6 is 0 Å². The topological polar surface area (TPSA) is 71.7 Å². The molecule has 0 aliphatic carbocycles. The van der Waals surface area contributed by atoms with Crippen LogP contribution in [0, 0.1) is 18.4 Å². The van der Waals surface area contributed by atoms with Gasteiger partial charge in [0.1, 0.15) is 0 Å². The second kappa shape index (κ2) is 8.86. The molecule has 1 heterocycles.